The van der Waals surface area contributed by atoms with Gasteiger partial charge in [-0.1, -0.05) is 18.2 Å². The van der Waals surface area contributed by atoms with Gasteiger partial charge in [-0.25, -0.2) is 13.6 Å². The normalized spacial score (nSPS) is 11.4. The largest absolute Gasteiger partial charge is 0.478 e. The molecule has 1 rings (SSSR count). The molecule has 0 spiro atoms. The summed E-state index contributed by atoms with van der Waals surface area (Å²) in [5.74, 6) is -4.06. The van der Waals surface area contributed by atoms with Gasteiger partial charge >= 0.3 is 5.97 Å². The fourth-order valence-electron chi connectivity index (χ4n) is 1.22. The van der Waals surface area contributed by atoms with Crippen molar-refractivity contribution in [3.05, 3.63) is 35.4 Å². The van der Waals surface area contributed by atoms with E-state index in [0.29, 0.717) is 0 Å². The van der Waals surface area contributed by atoms with E-state index in [9.17, 15) is 13.6 Å². The van der Waals surface area contributed by atoms with Crippen molar-refractivity contribution in [1.29, 1.82) is 0 Å². The summed E-state index contributed by atoms with van der Waals surface area (Å²) >= 11 is 0. The zero-order valence-corrected chi connectivity index (χ0v) is 7.63. The first kappa shape index (κ1) is 10.6. The standard InChI is InChI=1S/C10H10F2O2/c1-10(11,12)6-7-4-2-3-5-8(7)9(13)14/h2-5H,6H2,1H3,(H,13,14). The van der Waals surface area contributed by atoms with E-state index >= 15 is 0 Å². The number of alkyl halides is 2. The molecule has 76 valence electrons. The Morgan fingerprint density at radius 3 is 2.50 bits per heavy atom. The van der Waals surface area contributed by atoms with E-state index in [2.05, 4.69) is 0 Å². The van der Waals surface area contributed by atoms with Crippen LogP contribution in [-0.4, -0.2) is 17.0 Å². The molecule has 0 heterocycles. The van der Waals surface area contributed by atoms with Crippen molar-refractivity contribution in [2.24, 2.45) is 0 Å². The Labute approximate surface area is 80.2 Å². The van der Waals surface area contributed by atoms with E-state index in [1.807, 2.05) is 0 Å². The van der Waals surface area contributed by atoms with Gasteiger partial charge in [0.15, 0.2) is 0 Å². The third-order valence-corrected chi connectivity index (χ3v) is 1.75. The topological polar surface area (TPSA) is 37.3 Å². The maximum atomic E-state index is 12.7. The first-order valence-electron chi connectivity index (χ1n) is 4.09. The van der Waals surface area contributed by atoms with Crippen LogP contribution in [0.15, 0.2) is 24.3 Å². The maximum Gasteiger partial charge on any atom is 0.335 e. The van der Waals surface area contributed by atoms with E-state index in [0.717, 1.165) is 6.92 Å². The maximum absolute atomic E-state index is 12.7. The molecular weight excluding hydrogens is 190 g/mol. The van der Waals surface area contributed by atoms with Crippen molar-refractivity contribution < 1.29 is 18.7 Å². The first-order chi connectivity index (χ1) is 6.40. The van der Waals surface area contributed by atoms with Crippen molar-refractivity contribution in [3.63, 3.8) is 0 Å². The highest BCUT2D eigenvalue weighted by Gasteiger charge is 2.24. The second-order valence-electron chi connectivity index (χ2n) is 3.21. The van der Waals surface area contributed by atoms with Crippen molar-refractivity contribution >= 4 is 5.97 Å². The molecule has 14 heavy (non-hydrogen) atoms. The zero-order valence-electron chi connectivity index (χ0n) is 7.63. The number of halogens is 2. The minimum Gasteiger partial charge on any atom is -0.478 e. The molecule has 0 radical (unpaired) electrons. The van der Waals surface area contributed by atoms with E-state index in [1.54, 1.807) is 6.07 Å². The molecule has 0 atom stereocenters. The van der Waals surface area contributed by atoms with Crippen LogP contribution in [0.3, 0.4) is 0 Å². The molecule has 0 saturated carbocycles. The van der Waals surface area contributed by atoms with Gasteiger partial charge in [-0.2, -0.15) is 0 Å². The molecular formula is C10H10F2O2. The predicted molar refractivity (Wildman–Crippen MR) is 47.7 cm³/mol. The molecule has 2 nitrogen and oxygen atoms in total. The molecule has 4 heteroatoms. The van der Waals surface area contributed by atoms with Crippen LogP contribution in [0, 0.1) is 0 Å². The number of aromatic carboxylic acids is 1. The second-order valence-corrected chi connectivity index (χ2v) is 3.21. The van der Waals surface area contributed by atoms with Crippen LogP contribution >= 0.6 is 0 Å². The zero-order chi connectivity index (χ0) is 10.8. The molecule has 0 bridgehead atoms. The first-order valence-corrected chi connectivity index (χ1v) is 4.09. The molecule has 1 aromatic carbocycles. The molecule has 0 saturated heterocycles. The Morgan fingerprint density at radius 2 is 2.00 bits per heavy atom. The lowest BCUT2D eigenvalue weighted by molar-refractivity contribution is 0.0223. The lowest BCUT2D eigenvalue weighted by atomic mass is 10.0. The Kier molecular flexibility index (Phi) is 2.84. The summed E-state index contributed by atoms with van der Waals surface area (Å²) < 4.78 is 25.3. The Hall–Kier alpha value is -1.45. The lowest BCUT2D eigenvalue weighted by Crippen LogP contribution is -2.16. The number of benzene rings is 1. The summed E-state index contributed by atoms with van der Waals surface area (Å²) in [6, 6.07) is 5.79. The molecule has 0 aliphatic rings. The minimum absolute atomic E-state index is 0.0611. The number of hydrogen-bond donors (Lipinski definition) is 1. The molecule has 0 amide bonds. The average molecular weight is 200 g/mol. The fraction of sp³-hybridized carbons (Fsp3) is 0.300. The van der Waals surface area contributed by atoms with Gasteiger partial charge in [0, 0.05) is 6.42 Å². The summed E-state index contributed by atoms with van der Waals surface area (Å²) in [7, 11) is 0. The highest BCUT2D eigenvalue weighted by molar-refractivity contribution is 5.89. The number of carboxylic acids is 1. The Bertz CT molecular complexity index is 342. The van der Waals surface area contributed by atoms with Crippen LogP contribution in [0.25, 0.3) is 0 Å². The van der Waals surface area contributed by atoms with Gasteiger partial charge in [0.25, 0.3) is 0 Å². The monoisotopic (exact) mass is 200 g/mol. The third kappa shape index (κ3) is 2.80. The third-order valence-electron chi connectivity index (χ3n) is 1.75. The van der Waals surface area contributed by atoms with Crippen LogP contribution in [0.2, 0.25) is 0 Å². The molecule has 0 aromatic heterocycles. The predicted octanol–water partition coefficient (Wildman–Crippen LogP) is 2.58. The number of carbonyl (C=O) groups is 1. The molecule has 0 aliphatic carbocycles. The molecule has 1 aromatic rings. The van der Waals surface area contributed by atoms with Gasteiger partial charge in [0.05, 0.1) is 5.56 Å². The van der Waals surface area contributed by atoms with E-state index in [4.69, 9.17) is 5.11 Å². The summed E-state index contributed by atoms with van der Waals surface area (Å²) in [6.45, 7) is 0.769. The Balaban J connectivity index is 3.02. The van der Waals surface area contributed by atoms with Crippen LogP contribution in [0.5, 0.6) is 0 Å². The average Bonchev–Trinajstić information content (AvgIpc) is 2.01. The van der Waals surface area contributed by atoms with Crippen molar-refractivity contribution in [2.45, 2.75) is 19.3 Å². The van der Waals surface area contributed by atoms with Crippen molar-refractivity contribution in [3.8, 4) is 0 Å². The van der Waals surface area contributed by atoms with Crippen LogP contribution in [0.1, 0.15) is 22.8 Å². The lowest BCUT2D eigenvalue weighted by Gasteiger charge is -2.11. The summed E-state index contributed by atoms with van der Waals surface area (Å²) in [5, 5.41) is 8.72. The number of rotatable bonds is 3. The minimum atomic E-state index is -2.88. The molecule has 0 fully saturated rings. The van der Waals surface area contributed by atoms with Crippen LogP contribution in [-0.2, 0) is 6.42 Å². The van der Waals surface area contributed by atoms with Gasteiger partial charge in [0.1, 0.15) is 0 Å². The number of hydrogen-bond acceptors (Lipinski definition) is 1. The summed E-state index contributed by atoms with van der Waals surface area (Å²) in [4.78, 5) is 10.7. The Morgan fingerprint density at radius 1 is 1.43 bits per heavy atom. The highest BCUT2D eigenvalue weighted by atomic mass is 19.3. The quantitative estimate of drug-likeness (QED) is 0.814. The molecule has 0 unspecified atom stereocenters. The van der Waals surface area contributed by atoms with Gasteiger partial charge in [-0.15, -0.1) is 0 Å². The summed E-state index contributed by atoms with van der Waals surface area (Å²) in [6.07, 6.45) is -0.546. The van der Waals surface area contributed by atoms with E-state index < -0.39 is 18.3 Å². The van der Waals surface area contributed by atoms with E-state index in [1.165, 1.54) is 18.2 Å². The molecule has 0 aliphatic heterocycles. The van der Waals surface area contributed by atoms with Gasteiger partial charge in [-0.05, 0) is 18.6 Å². The van der Waals surface area contributed by atoms with Crippen molar-refractivity contribution in [1.82, 2.24) is 0 Å². The fourth-order valence-corrected chi connectivity index (χ4v) is 1.22. The smallest absolute Gasteiger partial charge is 0.335 e. The number of carboxylic acid groups (broad SMARTS) is 1. The molecule has 1 N–H and O–H groups in total. The van der Waals surface area contributed by atoms with Gasteiger partial charge in [-0.3, -0.25) is 0 Å². The van der Waals surface area contributed by atoms with Gasteiger partial charge < -0.3 is 5.11 Å². The van der Waals surface area contributed by atoms with E-state index in [-0.39, 0.29) is 11.1 Å². The SMILES string of the molecule is CC(F)(F)Cc1ccccc1C(=O)O. The van der Waals surface area contributed by atoms with Crippen molar-refractivity contribution in [2.75, 3.05) is 0 Å². The second kappa shape index (κ2) is 3.74. The highest BCUT2D eigenvalue weighted by Crippen LogP contribution is 2.21. The van der Waals surface area contributed by atoms with Crippen LogP contribution in [0.4, 0.5) is 8.78 Å². The van der Waals surface area contributed by atoms with Crippen LogP contribution < -0.4 is 0 Å². The van der Waals surface area contributed by atoms with Gasteiger partial charge in [0.2, 0.25) is 5.92 Å². The summed E-state index contributed by atoms with van der Waals surface area (Å²) in [5.41, 5.74) is 0.0986.